The second-order valence-electron chi connectivity index (χ2n) is 5.23. The third-order valence-electron chi connectivity index (χ3n) is 3.84. The van der Waals surface area contributed by atoms with Crippen molar-refractivity contribution < 1.29 is 13.5 Å². The van der Waals surface area contributed by atoms with Gasteiger partial charge in [-0.25, -0.2) is 8.42 Å². The SMILES string of the molecule is Cc1ccc(S(=O)(=O)C2CCCC(O)C2)cc1C. The van der Waals surface area contributed by atoms with Gasteiger partial charge in [0.05, 0.1) is 16.2 Å². The summed E-state index contributed by atoms with van der Waals surface area (Å²) in [6.07, 6.45) is 2.07. The van der Waals surface area contributed by atoms with E-state index in [4.69, 9.17) is 0 Å². The van der Waals surface area contributed by atoms with E-state index in [1.165, 1.54) is 0 Å². The van der Waals surface area contributed by atoms with Crippen molar-refractivity contribution in [2.75, 3.05) is 0 Å². The zero-order valence-corrected chi connectivity index (χ0v) is 11.7. The first-order valence-electron chi connectivity index (χ1n) is 6.40. The minimum Gasteiger partial charge on any atom is -0.393 e. The molecule has 2 unspecified atom stereocenters. The maximum absolute atomic E-state index is 12.5. The van der Waals surface area contributed by atoms with Crippen molar-refractivity contribution in [2.45, 2.75) is 55.8 Å². The molecule has 1 fully saturated rings. The predicted molar refractivity (Wildman–Crippen MR) is 71.4 cm³/mol. The fraction of sp³-hybridized carbons (Fsp3) is 0.571. The van der Waals surface area contributed by atoms with E-state index >= 15 is 0 Å². The largest absolute Gasteiger partial charge is 0.393 e. The Morgan fingerprint density at radius 3 is 2.50 bits per heavy atom. The molecule has 0 radical (unpaired) electrons. The summed E-state index contributed by atoms with van der Waals surface area (Å²) in [5.74, 6) is 0. The molecule has 2 rings (SSSR count). The molecule has 0 bridgehead atoms. The number of rotatable bonds is 2. The molecule has 1 aromatic rings. The summed E-state index contributed by atoms with van der Waals surface area (Å²) in [6.45, 7) is 3.89. The molecule has 0 aliphatic heterocycles. The van der Waals surface area contributed by atoms with Gasteiger partial charge in [-0.05, 0) is 62.8 Å². The van der Waals surface area contributed by atoms with Crippen molar-refractivity contribution in [3.05, 3.63) is 29.3 Å². The van der Waals surface area contributed by atoms with Crippen LogP contribution in [0.1, 0.15) is 36.8 Å². The van der Waals surface area contributed by atoms with E-state index < -0.39 is 21.2 Å². The van der Waals surface area contributed by atoms with Gasteiger partial charge in [0.15, 0.2) is 9.84 Å². The van der Waals surface area contributed by atoms with Crippen LogP contribution in [0.15, 0.2) is 23.1 Å². The lowest BCUT2D eigenvalue weighted by Crippen LogP contribution is -2.30. The van der Waals surface area contributed by atoms with Gasteiger partial charge in [-0.2, -0.15) is 0 Å². The minimum atomic E-state index is -3.29. The van der Waals surface area contributed by atoms with Gasteiger partial charge >= 0.3 is 0 Å². The van der Waals surface area contributed by atoms with Gasteiger partial charge in [-0.3, -0.25) is 0 Å². The number of hydrogen-bond donors (Lipinski definition) is 1. The van der Waals surface area contributed by atoms with E-state index in [1.807, 2.05) is 19.9 Å². The standard InChI is InChI=1S/C14H20O3S/c1-10-6-7-14(8-11(10)2)18(16,17)13-5-3-4-12(15)9-13/h6-8,12-13,15H,3-5,9H2,1-2H3. The fourth-order valence-corrected chi connectivity index (χ4v) is 4.42. The molecule has 0 heterocycles. The highest BCUT2D eigenvalue weighted by molar-refractivity contribution is 7.92. The van der Waals surface area contributed by atoms with Gasteiger partial charge < -0.3 is 5.11 Å². The third kappa shape index (κ3) is 2.59. The Labute approximate surface area is 109 Å². The zero-order chi connectivity index (χ0) is 13.3. The molecule has 4 heteroatoms. The van der Waals surface area contributed by atoms with E-state index in [1.54, 1.807) is 12.1 Å². The molecule has 0 saturated heterocycles. The summed E-state index contributed by atoms with van der Waals surface area (Å²) in [4.78, 5) is 0.393. The molecular formula is C14H20O3S. The topological polar surface area (TPSA) is 54.4 Å². The second kappa shape index (κ2) is 5.02. The lowest BCUT2D eigenvalue weighted by atomic mass is 9.97. The van der Waals surface area contributed by atoms with E-state index in [0.29, 0.717) is 17.7 Å². The van der Waals surface area contributed by atoms with Gasteiger partial charge in [-0.15, -0.1) is 0 Å². The van der Waals surface area contributed by atoms with E-state index in [0.717, 1.165) is 24.0 Å². The van der Waals surface area contributed by atoms with Crippen molar-refractivity contribution in [1.82, 2.24) is 0 Å². The van der Waals surface area contributed by atoms with Gasteiger partial charge in [0.25, 0.3) is 0 Å². The number of aliphatic hydroxyl groups is 1. The average Bonchev–Trinajstić information content (AvgIpc) is 2.32. The van der Waals surface area contributed by atoms with E-state index in [9.17, 15) is 13.5 Å². The summed E-state index contributed by atoms with van der Waals surface area (Å²) >= 11 is 0. The Kier molecular flexibility index (Phi) is 3.78. The number of benzene rings is 1. The van der Waals surface area contributed by atoms with Gasteiger partial charge in [0.2, 0.25) is 0 Å². The first-order chi connectivity index (χ1) is 8.41. The monoisotopic (exact) mass is 268 g/mol. The maximum Gasteiger partial charge on any atom is 0.181 e. The van der Waals surface area contributed by atoms with Gasteiger partial charge in [0.1, 0.15) is 0 Å². The Hall–Kier alpha value is -0.870. The molecule has 1 aromatic carbocycles. The van der Waals surface area contributed by atoms with E-state index in [2.05, 4.69) is 0 Å². The molecule has 1 aliphatic rings. The van der Waals surface area contributed by atoms with Crippen molar-refractivity contribution in [2.24, 2.45) is 0 Å². The summed E-state index contributed by atoms with van der Waals surface area (Å²) in [5, 5.41) is 9.20. The number of aryl methyl sites for hydroxylation is 2. The number of sulfone groups is 1. The molecule has 0 spiro atoms. The summed E-state index contributed by atoms with van der Waals surface area (Å²) in [6, 6.07) is 5.27. The van der Waals surface area contributed by atoms with Crippen molar-refractivity contribution in [3.63, 3.8) is 0 Å². The molecule has 1 saturated carbocycles. The highest BCUT2D eigenvalue weighted by Crippen LogP contribution is 2.29. The van der Waals surface area contributed by atoms with Crippen LogP contribution in [0.3, 0.4) is 0 Å². The second-order valence-corrected chi connectivity index (χ2v) is 7.46. The van der Waals surface area contributed by atoms with Crippen LogP contribution in [0.2, 0.25) is 0 Å². The van der Waals surface area contributed by atoms with Crippen molar-refractivity contribution in [3.8, 4) is 0 Å². The fourth-order valence-electron chi connectivity index (χ4n) is 2.49. The Morgan fingerprint density at radius 1 is 1.17 bits per heavy atom. The summed E-state index contributed by atoms with van der Waals surface area (Å²) in [5.41, 5.74) is 2.09. The third-order valence-corrected chi connectivity index (χ3v) is 6.06. The van der Waals surface area contributed by atoms with E-state index in [-0.39, 0.29) is 0 Å². The predicted octanol–water partition coefficient (Wildman–Crippen LogP) is 2.38. The van der Waals surface area contributed by atoms with Crippen LogP contribution in [0.25, 0.3) is 0 Å². The molecule has 3 nitrogen and oxygen atoms in total. The average molecular weight is 268 g/mol. The van der Waals surface area contributed by atoms with Crippen LogP contribution >= 0.6 is 0 Å². The minimum absolute atomic E-state index is 0.370. The summed E-state index contributed by atoms with van der Waals surface area (Å²) < 4.78 is 25.0. The van der Waals surface area contributed by atoms with Crippen LogP contribution in [-0.4, -0.2) is 24.9 Å². The molecule has 100 valence electrons. The molecule has 1 N–H and O–H groups in total. The number of aliphatic hydroxyl groups excluding tert-OH is 1. The van der Waals surface area contributed by atoms with Gasteiger partial charge in [-0.1, -0.05) is 6.07 Å². The Balaban J connectivity index is 2.32. The highest BCUT2D eigenvalue weighted by Gasteiger charge is 2.32. The summed E-state index contributed by atoms with van der Waals surface area (Å²) in [7, 11) is -3.29. The quantitative estimate of drug-likeness (QED) is 0.896. The van der Waals surface area contributed by atoms with Crippen molar-refractivity contribution in [1.29, 1.82) is 0 Å². The van der Waals surface area contributed by atoms with Crippen molar-refractivity contribution >= 4 is 9.84 Å². The molecular weight excluding hydrogens is 248 g/mol. The first kappa shape index (κ1) is 13.6. The van der Waals surface area contributed by atoms with Crippen LogP contribution in [-0.2, 0) is 9.84 Å². The molecule has 1 aliphatic carbocycles. The van der Waals surface area contributed by atoms with Crippen LogP contribution < -0.4 is 0 Å². The van der Waals surface area contributed by atoms with Crippen LogP contribution in [0.4, 0.5) is 0 Å². The van der Waals surface area contributed by atoms with Gasteiger partial charge in [0, 0.05) is 0 Å². The van der Waals surface area contributed by atoms with Crippen LogP contribution in [0, 0.1) is 13.8 Å². The zero-order valence-electron chi connectivity index (χ0n) is 10.9. The highest BCUT2D eigenvalue weighted by atomic mass is 32.2. The molecule has 0 amide bonds. The Bertz CT molecular complexity index is 534. The van der Waals surface area contributed by atoms with Crippen LogP contribution in [0.5, 0.6) is 0 Å². The molecule has 18 heavy (non-hydrogen) atoms. The molecule has 2 atom stereocenters. The normalized spacial score (nSPS) is 25.1. The Morgan fingerprint density at radius 2 is 1.89 bits per heavy atom. The number of hydrogen-bond acceptors (Lipinski definition) is 3. The lowest BCUT2D eigenvalue weighted by molar-refractivity contribution is 0.131. The smallest absolute Gasteiger partial charge is 0.181 e. The maximum atomic E-state index is 12.5. The molecule has 0 aromatic heterocycles. The lowest BCUT2D eigenvalue weighted by Gasteiger charge is -2.25. The first-order valence-corrected chi connectivity index (χ1v) is 7.95.